The Hall–Kier alpha value is -4.75. The Bertz CT molecular complexity index is 1890. The molecule has 0 aliphatic heterocycles. The number of aromatic nitrogens is 2. The van der Waals surface area contributed by atoms with E-state index in [1.165, 1.54) is 12.1 Å². The lowest BCUT2D eigenvalue weighted by molar-refractivity contribution is 0.0963. The van der Waals surface area contributed by atoms with E-state index >= 15 is 0 Å². The van der Waals surface area contributed by atoms with E-state index in [4.69, 9.17) is 5.41 Å². The molecule has 1 fully saturated rings. The maximum Gasteiger partial charge on any atom is 0.251 e. The van der Waals surface area contributed by atoms with Gasteiger partial charge in [-0.3, -0.25) is 14.8 Å². The molecule has 1 aromatic heterocycles. The molecule has 10 heteroatoms. The third-order valence-electron chi connectivity index (χ3n) is 7.77. The lowest BCUT2D eigenvalue weighted by Crippen LogP contribution is -2.28. The van der Waals surface area contributed by atoms with Crippen LogP contribution in [0, 0.1) is 22.7 Å². The molecule has 1 aliphatic rings. The normalized spacial score (nSPS) is 13.7. The number of aromatic hydroxyl groups is 1. The van der Waals surface area contributed by atoms with Crippen molar-refractivity contribution >= 4 is 15.7 Å². The standard InChI is InChI=1S/C33H33N5O4S/c1-3-4-12-28-37-31(35)30(33(40)38(28)29(23-13-14-23)24-9-7-8-21(19-24)20-34)43(41,42)25-17-15-22(16-18-25)26-10-5-6-11-27(26)32(39)36-2/h5-11,15-19,23,29,35,40H,3-4,12-14H2,1-2H3,(H,36,39). The van der Waals surface area contributed by atoms with Gasteiger partial charge < -0.3 is 10.4 Å². The number of benzene rings is 3. The second-order valence-corrected chi connectivity index (χ2v) is 12.6. The topological polar surface area (TPSA) is 149 Å². The van der Waals surface area contributed by atoms with Crippen LogP contribution >= 0.6 is 0 Å². The average molecular weight is 596 g/mol. The van der Waals surface area contributed by atoms with Gasteiger partial charge >= 0.3 is 0 Å². The molecule has 1 heterocycles. The highest BCUT2D eigenvalue weighted by Gasteiger charge is 2.38. The Kier molecular flexibility index (Phi) is 8.46. The van der Waals surface area contributed by atoms with E-state index in [0.29, 0.717) is 34.5 Å². The van der Waals surface area contributed by atoms with Gasteiger partial charge in [0.2, 0.25) is 15.7 Å². The highest BCUT2D eigenvalue weighted by atomic mass is 32.2. The zero-order valence-corrected chi connectivity index (χ0v) is 24.9. The van der Waals surface area contributed by atoms with Crippen LogP contribution in [0.1, 0.15) is 66.0 Å². The summed E-state index contributed by atoms with van der Waals surface area (Å²) >= 11 is 0. The first-order valence-electron chi connectivity index (χ1n) is 14.3. The number of carbonyl (C=O) groups is 1. The van der Waals surface area contributed by atoms with E-state index in [1.54, 1.807) is 66.2 Å². The zero-order valence-electron chi connectivity index (χ0n) is 24.0. The molecule has 0 radical (unpaired) electrons. The predicted molar refractivity (Wildman–Crippen MR) is 161 cm³/mol. The minimum absolute atomic E-state index is 0.110. The summed E-state index contributed by atoms with van der Waals surface area (Å²) in [4.78, 5) is 16.2. The molecule has 3 aromatic carbocycles. The predicted octanol–water partition coefficient (Wildman–Crippen LogP) is 5.14. The third-order valence-corrected chi connectivity index (χ3v) is 9.57. The SMILES string of the molecule is CCCCc1nc(=N)c(S(=O)(=O)c2ccc(-c3ccccc3C(=O)NC)cc2)c(O)n1C(c1cccc(C#N)c1)C1CC1. The van der Waals surface area contributed by atoms with Crippen LogP contribution in [0.4, 0.5) is 0 Å². The van der Waals surface area contributed by atoms with Gasteiger partial charge in [-0.25, -0.2) is 13.4 Å². The molecular formula is C33H33N5O4S. The van der Waals surface area contributed by atoms with Crippen molar-refractivity contribution in [2.75, 3.05) is 7.05 Å². The number of carbonyl (C=O) groups excluding carboxylic acids is 1. The summed E-state index contributed by atoms with van der Waals surface area (Å²) in [6, 6.07) is 21.9. The lowest BCUT2D eigenvalue weighted by atomic mass is 9.99. The minimum Gasteiger partial charge on any atom is -0.493 e. The maximum atomic E-state index is 14.0. The number of nitrogens with zero attached hydrogens (tertiary/aromatic N) is 3. The van der Waals surface area contributed by atoms with E-state index in [-0.39, 0.29) is 16.7 Å². The quantitative estimate of drug-likeness (QED) is 0.231. The maximum absolute atomic E-state index is 14.0. The van der Waals surface area contributed by atoms with Crippen molar-refractivity contribution in [3.05, 3.63) is 101 Å². The van der Waals surface area contributed by atoms with Crippen molar-refractivity contribution in [1.29, 1.82) is 10.7 Å². The van der Waals surface area contributed by atoms with Gasteiger partial charge in [0.15, 0.2) is 10.4 Å². The van der Waals surface area contributed by atoms with Gasteiger partial charge in [-0.1, -0.05) is 55.8 Å². The molecule has 1 aliphatic carbocycles. The van der Waals surface area contributed by atoms with Crippen LogP contribution in [0.3, 0.4) is 0 Å². The highest BCUT2D eigenvalue weighted by Crippen LogP contribution is 2.46. The summed E-state index contributed by atoms with van der Waals surface area (Å²) in [7, 11) is -2.83. The summed E-state index contributed by atoms with van der Waals surface area (Å²) in [5.41, 5.74) is 2.46. The molecule has 5 rings (SSSR count). The van der Waals surface area contributed by atoms with Gasteiger partial charge in [-0.2, -0.15) is 5.26 Å². The molecule has 1 saturated carbocycles. The van der Waals surface area contributed by atoms with Crippen LogP contribution in [0.2, 0.25) is 0 Å². The number of rotatable bonds is 10. The lowest BCUT2D eigenvalue weighted by Gasteiger charge is -2.26. The molecular weight excluding hydrogens is 562 g/mol. The molecule has 1 unspecified atom stereocenters. The summed E-state index contributed by atoms with van der Waals surface area (Å²) < 4.78 is 29.6. The molecule has 43 heavy (non-hydrogen) atoms. The van der Waals surface area contributed by atoms with E-state index in [9.17, 15) is 23.6 Å². The van der Waals surface area contributed by atoms with Crippen LogP contribution in [-0.2, 0) is 16.3 Å². The number of nitrogens with one attached hydrogen (secondary N) is 2. The number of aryl methyl sites for hydroxylation is 1. The monoisotopic (exact) mass is 595 g/mol. The first-order chi connectivity index (χ1) is 20.7. The van der Waals surface area contributed by atoms with Gasteiger partial charge in [0, 0.05) is 19.0 Å². The second-order valence-electron chi connectivity index (χ2n) is 10.7. The summed E-state index contributed by atoms with van der Waals surface area (Å²) in [6.45, 7) is 2.02. The number of unbranched alkanes of at least 4 members (excludes halogenated alkanes) is 1. The first-order valence-corrected chi connectivity index (χ1v) is 15.7. The molecule has 1 atom stereocenters. The van der Waals surface area contributed by atoms with E-state index < -0.39 is 32.1 Å². The number of nitriles is 1. The number of amides is 1. The third kappa shape index (κ3) is 5.81. The Morgan fingerprint density at radius 2 is 1.86 bits per heavy atom. The highest BCUT2D eigenvalue weighted by molar-refractivity contribution is 7.91. The fourth-order valence-electron chi connectivity index (χ4n) is 5.46. The van der Waals surface area contributed by atoms with Gasteiger partial charge in [0.1, 0.15) is 5.82 Å². The molecule has 3 N–H and O–H groups in total. The minimum atomic E-state index is -4.38. The van der Waals surface area contributed by atoms with E-state index in [2.05, 4.69) is 16.4 Å². The van der Waals surface area contributed by atoms with Crippen molar-refractivity contribution < 1.29 is 18.3 Å². The molecule has 1 amide bonds. The van der Waals surface area contributed by atoms with Crippen molar-refractivity contribution in [3.8, 4) is 23.1 Å². The molecule has 220 valence electrons. The van der Waals surface area contributed by atoms with Crippen molar-refractivity contribution in [2.45, 2.75) is 54.9 Å². The summed E-state index contributed by atoms with van der Waals surface area (Å²) in [5, 5.41) is 32.5. The zero-order chi connectivity index (χ0) is 30.7. The van der Waals surface area contributed by atoms with E-state index in [0.717, 1.165) is 31.2 Å². The largest absolute Gasteiger partial charge is 0.493 e. The Morgan fingerprint density at radius 3 is 2.51 bits per heavy atom. The molecule has 0 saturated heterocycles. The average Bonchev–Trinajstić information content (AvgIpc) is 3.86. The molecule has 0 bridgehead atoms. The Morgan fingerprint density at radius 1 is 1.14 bits per heavy atom. The molecule has 0 spiro atoms. The smallest absolute Gasteiger partial charge is 0.251 e. The fraction of sp³-hybridized carbons (Fsp3) is 0.273. The Labute approximate surface area is 250 Å². The van der Waals surface area contributed by atoms with Crippen LogP contribution in [-0.4, -0.2) is 36.0 Å². The van der Waals surface area contributed by atoms with Crippen LogP contribution in [0.25, 0.3) is 11.1 Å². The molecule has 4 aromatic rings. The number of hydrogen-bond acceptors (Lipinski definition) is 7. The van der Waals surface area contributed by atoms with Gasteiger partial charge in [-0.05, 0) is 72.2 Å². The van der Waals surface area contributed by atoms with Gasteiger partial charge in [0.05, 0.1) is 22.6 Å². The van der Waals surface area contributed by atoms with Crippen LogP contribution in [0.15, 0.2) is 82.6 Å². The van der Waals surface area contributed by atoms with Gasteiger partial charge in [-0.15, -0.1) is 0 Å². The molecule has 9 nitrogen and oxygen atoms in total. The van der Waals surface area contributed by atoms with Gasteiger partial charge in [0.25, 0.3) is 5.91 Å². The van der Waals surface area contributed by atoms with Crippen LogP contribution < -0.4 is 10.8 Å². The second kappa shape index (κ2) is 12.2. The van der Waals surface area contributed by atoms with Crippen molar-refractivity contribution in [3.63, 3.8) is 0 Å². The summed E-state index contributed by atoms with van der Waals surface area (Å²) in [6.07, 6.45) is 3.81. The van der Waals surface area contributed by atoms with Crippen LogP contribution in [0.5, 0.6) is 5.88 Å². The number of sulfone groups is 1. The Balaban J connectivity index is 1.64. The van der Waals surface area contributed by atoms with E-state index in [1.807, 2.05) is 13.0 Å². The van der Waals surface area contributed by atoms with Crippen molar-refractivity contribution in [1.82, 2.24) is 14.9 Å². The van der Waals surface area contributed by atoms with Crippen molar-refractivity contribution in [2.24, 2.45) is 5.92 Å². The summed E-state index contributed by atoms with van der Waals surface area (Å²) in [5.74, 6) is -0.234. The first kappa shape index (κ1) is 29.7. The number of hydrogen-bond donors (Lipinski definition) is 3. The fourth-order valence-corrected chi connectivity index (χ4v) is 6.83.